The number of rotatable bonds is 6. The predicted molar refractivity (Wildman–Crippen MR) is 126 cm³/mol. The summed E-state index contributed by atoms with van der Waals surface area (Å²) < 4.78 is 11.6. The minimum Gasteiger partial charge on any atom is -0.465 e. The lowest BCUT2D eigenvalue weighted by Crippen LogP contribution is -2.38. The van der Waals surface area contributed by atoms with Gasteiger partial charge < -0.3 is 24.7 Å². The fourth-order valence-electron chi connectivity index (χ4n) is 3.61. The molecule has 7 nitrogen and oxygen atoms in total. The third-order valence-corrected chi connectivity index (χ3v) is 5.44. The van der Waals surface area contributed by atoms with Crippen LogP contribution < -0.4 is 20.3 Å². The first kappa shape index (κ1) is 21.1. The van der Waals surface area contributed by atoms with E-state index in [0.717, 1.165) is 42.5 Å². The van der Waals surface area contributed by atoms with Crippen molar-refractivity contribution in [1.29, 1.82) is 0 Å². The Morgan fingerprint density at radius 2 is 2.03 bits per heavy atom. The molecule has 1 aliphatic rings. The van der Waals surface area contributed by atoms with Crippen LogP contribution in [-0.4, -0.2) is 27.7 Å². The van der Waals surface area contributed by atoms with Gasteiger partial charge >= 0.3 is 0 Å². The van der Waals surface area contributed by atoms with Gasteiger partial charge in [0, 0.05) is 18.7 Å². The molecule has 0 radical (unpaired) electrons. The molecule has 2 aromatic heterocycles. The molecule has 0 aliphatic carbocycles. The van der Waals surface area contributed by atoms with E-state index in [-0.39, 0.29) is 0 Å². The molecule has 3 heterocycles. The molecule has 2 N–H and O–H groups in total. The third kappa shape index (κ3) is 5.73. The SMILES string of the molecule is Cc1ccc(CNC(=S)Nc2nc(Oc3ccccc3)cc(N3CCCC[C@@H]3C)n2)o1. The van der Waals surface area contributed by atoms with Crippen LogP contribution in [0.2, 0.25) is 0 Å². The zero-order valence-corrected chi connectivity index (χ0v) is 18.6. The number of aryl methyl sites for hydroxylation is 1. The second-order valence-corrected chi connectivity index (χ2v) is 8.07. The van der Waals surface area contributed by atoms with Gasteiger partial charge in [-0.15, -0.1) is 0 Å². The number of furan rings is 1. The molecule has 1 fully saturated rings. The van der Waals surface area contributed by atoms with Crippen molar-refractivity contribution in [2.75, 3.05) is 16.8 Å². The van der Waals surface area contributed by atoms with Gasteiger partial charge in [-0.25, -0.2) is 0 Å². The molecule has 1 saturated heterocycles. The molecule has 1 atom stereocenters. The van der Waals surface area contributed by atoms with E-state index in [1.54, 1.807) is 0 Å². The highest BCUT2D eigenvalue weighted by Crippen LogP contribution is 2.28. The number of hydrogen-bond acceptors (Lipinski definition) is 6. The molecule has 8 heteroatoms. The molecule has 0 unspecified atom stereocenters. The lowest BCUT2D eigenvalue weighted by molar-refractivity contribution is 0.456. The number of nitrogens with zero attached hydrogens (tertiary/aromatic N) is 3. The molecule has 0 amide bonds. The van der Waals surface area contributed by atoms with Gasteiger partial charge in [0.05, 0.1) is 6.54 Å². The minimum absolute atomic E-state index is 0.398. The molecule has 0 spiro atoms. The van der Waals surface area contributed by atoms with Crippen molar-refractivity contribution in [2.45, 2.75) is 45.7 Å². The van der Waals surface area contributed by atoms with Gasteiger partial charge in [-0.3, -0.25) is 0 Å². The van der Waals surface area contributed by atoms with Crippen molar-refractivity contribution in [2.24, 2.45) is 0 Å². The van der Waals surface area contributed by atoms with Gasteiger partial charge in [-0.05, 0) is 69.6 Å². The van der Waals surface area contributed by atoms with E-state index >= 15 is 0 Å². The van der Waals surface area contributed by atoms with Crippen molar-refractivity contribution >= 4 is 29.1 Å². The number of hydrogen-bond donors (Lipinski definition) is 2. The average Bonchev–Trinajstić information content (AvgIpc) is 3.18. The van der Waals surface area contributed by atoms with Crippen molar-refractivity contribution in [1.82, 2.24) is 15.3 Å². The normalized spacial score (nSPS) is 16.1. The first-order chi connectivity index (χ1) is 15.1. The van der Waals surface area contributed by atoms with Gasteiger partial charge in [0.1, 0.15) is 23.1 Å². The second kappa shape index (κ2) is 9.78. The maximum absolute atomic E-state index is 6.00. The number of thiocarbonyl (C=S) groups is 1. The van der Waals surface area contributed by atoms with Crippen LogP contribution in [0.15, 0.2) is 52.9 Å². The van der Waals surface area contributed by atoms with Crippen LogP contribution in [0, 0.1) is 6.92 Å². The monoisotopic (exact) mass is 437 g/mol. The topological polar surface area (TPSA) is 75.5 Å². The Bertz CT molecular complexity index is 1020. The smallest absolute Gasteiger partial charge is 0.234 e. The summed E-state index contributed by atoms with van der Waals surface area (Å²) in [4.78, 5) is 11.5. The molecule has 3 aromatic rings. The number of para-hydroxylation sites is 1. The Kier molecular flexibility index (Phi) is 6.66. The molecule has 162 valence electrons. The second-order valence-electron chi connectivity index (χ2n) is 7.66. The van der Waals surface area contributed by atoms with Crippen LogP contribution in [0.1, 0.15) is 37.7 Å². The van der Waals surface area contributed by atoms with Crippen molar-refractivity contribution in [3.05, 3.63) is 60.1 Å². The van der Waals surface area contributed by atoms with E-state index in [2.05, 4.69) is 27.4 Å². The Balaban J connectivity index is 1.52. The highest BCUT2D eigenvalue weighted by atomic mass is 32.1. The summed E-state index contributed by atoms with van der Waals surface area (Å²) in [6.07, 6.45) is 3.53. The van der Waals surface area contributed by atoms with Gasteiger partial charge in [0.25, 0.3) is 0 Å². The molecule has 1 aliphatic heterocycles. The Morgan fingerprint density at radius 1 is 1.19 bits per heavy atom. The molecule has 1 aromatic carbocycles. The van der Waals surface area contributed by atoms with Crippen LogP contribution in [-0.2, 0) is 6.54 Å². The lowest BCUT2D eigenvalue weighted by atomic mass is 10.0. The first-order valence-corrected chi connectivity index (χ1v) is 11.0. The van der Waals surface area contributed by atoms with E-state index in [1.165, 1.54) is 6.42 Å². The molecule has 4 rings (SSSR count). The summed E-state index contributed by atoms with van der Waals surface area (Å²) in [6.45, 7) is 5.58. The zero-order valence-electron chi connectivity index (χ0n) is 17.8. The van der Waals surface area contributed by atoms with Gasteiger partial charge in [-0.2, -0.15) is 9.97 Å². The van der Waals surface area contributed by atoms with Crippen LogP contribution >= 0.6 is 12.2 Å². The fourth-order valence-corrected chi connectivity index (χ4v) is 3.77. The molecular formula is C23H27N5O2S. The number of piperidine rings is 1. The molecule has 0 bridgehead atoms. The highest BCUT2D eigenvalue weighted by Gasteiger charge is 2.21. The Labute approximate surface area is 187 Å². The van der Waals surface area contributed by atoms with Gasteiger partial charge in [0.15, 0.2) is 5.11 Å². The predicted octanol–water partition coefficient (Wildman–Crippen LogP) is 5.04. The molecule has 0 saturated carbocycles. The zero-order chi connectivity index (χ0) is 21.6. The Hall–Kier alpha value is -3.13. The standard InChI is InChI=1S/C23H27N5O2S/c1-16-8-6-7-13-28(16)20-14-21(30-18-9-4-3-5-10-18)26-22(25-20)27-23(31)24-15-19-12-11-17(2)29-19/h3-5,9-12,14,16H,6-8,13,15H2,1-2H3,(H2,24,25,26,27,31)/t16-/m0/s1. The maximum atomic E-state index is 6.00. The largest absolute Gasteiger partial charge is 0.465 e. The number of ether oxygens (including phenoxy) is 1. The summed E-state index contributed by atoms with van der Waals surface area (Å²) in [5.74, 6) is 4.10. The highest BCUT2D eigenvalue weighted by molar-refractivity contribution is 7.80. The quantitative estimate of drug-likeness (QED) is 0.520. The maximum Gasteiger partial charge on any atom is 0.234 e. The van der Waals surface area contributed by atoms with E-state index in [0.29, 0.717) is 29.5 Å². The van der Waals surface area contributed by atoms with E-state index < -0.39 is 0 Å². The third-order valence-electron chi connectivity index (χ3n) is 5.20. The fraction of sp³-hybridized carbons (Fsp3) is 0.348. The number of aromatic nitrogens is 2. The summed E-state index contributed by atoms with van der Waals surface area (Å²) in [5, 5.41) is 6.64. The molecular weight excluding hydrogens is 410 g/mol. The van der Waals surface area contributed by atoms with Crippen molar-refractivity contribution in [3.8, 4) is 11.6 Å². The minimum atomic E-state index is 0.398. The molecule has 31 heavy (non-hydrogen) atoms. The Morgan fingerprint density at radius 3 is 2.77 bits per heavy atom. The van der Waals surface area contributed by atoms with Crippen molar-refractivity contribution < 1.29 is 9.15 Å². The average molecular weight is 438 g/mol. The van der Waals surface area contributed by atoms with Crippen molar-refractivity contribution in [3.63, 3.8) is 0 Å². The van der Waals surface area contributed by atoms with Gasteiger partial charge in [0.2, 0.25) is 11.8 Å². The summed E-state index contributed by atoms with van der Waals surface area (Å²) >= 11 is 5.44. The van der Waals surface area contributed by atoms with E-state index in [1.807, 2.05) is 55.5 Å². The van der Waals surface area contributed by atoms with Crippen LogP contribution in [0.5, 0.6) is 11.6 Å². The number of anilines is 2. The first-order valence-electron chi connectivity index (χ1n) is 10.6. The van der Waals surface area contributed by atoms with Crippen LogP contribution in [0.4, 0.5) is 11.8 Å². The van der Waals surface area contributed by atoms with E-state index in [4.69, 9.17) is 26.4 Å². The van der Waals surface area contributed by atoms with Crippen LogP contribution in [0.3, 0.4) is 0 Å². The lowest BCUT2D eigenvalue weighted by Gasteiger charge is -2.34. The summed E-state index contributed by atoms with van der Waals surface area (Å²) in [5.41, 5.74) is 0. The number of nitrogens with one attached hydrogen (secondary N) is 2. The van der Waals surface area contributed by atoms with Crippen LogP contribution in [0.25, 0.3) is 0 Å². The van der Waals surface area contributed by atoms with E-state index in [9.17, 15) is 0 Å². The van der Waals surface area contributed by atoms with Gasteiger partial charge in [-0.1, -0.05) is 18.2 Å². The summed E-state index contributed by atoms with van der Waals surface area (Å²) in [6, 6.07) is 15.8. The summed E-state index contributed by atoms with van der Waals surface area (Å²) in [7, 11) is 0. The number of benzene rings is 1.